The topological polar surface area (TPSA) is 12.0 Å². The fourth-order valence-corrected chi connectivity index (χ4v) is 3.03. The van der Waals surface area contributed by atoms with Crippen LogP contribution in [-0.2, 0) is 5.41 Å². The Morgan fingerprint density at radius 2 is 1.74 bits per heavy atom. The van der Waals surface area contributed by atoms with Gasteiger partial charge in [-0.25, -0.2) is 0 Å². The second kappa shape index (κ2) is 5.13. The van der Waals surface area contributed by atoms with Crippen molar-refractivity contribution in [3.8, 4) is 0 Å². The summed E-state index contributed by atoms with van der Waals surface area (Å²) in [5.41, 5.74) is 3.27. The van der Waals surface area contributed by atoms with E-state index in [0.717, 1.165) is 12.6 Å². The predicted molar refractivity (Wildman–Crippen MR) is 81.6 cm³/mol. The minimum Gasteiger partial charge on any atom is -0.313 e. The van der Waals surface area contributed by atoms with E-state index < -0.39 is 0 Å². The van der Waals surface area contributed by atoms with Crippen LogP contribution in [-0.4, -0.2) is 12.6 Å². The van der Waals surface area contributed by atoms with Gasteiger partial charge in [-0.3, -0.25) is 0 Å². The van der Waals surface area contributed by atoms with Gasteiger partial charge in [0.05, 0.1) is 0 Å². The van der Waals surface area contributed by atoms with Crippen molar-refractivity contribution in [1.29, 1.82) is 0 Å². The summed E-state index contributed by atoms with van der Waals surface area (Å²) in [4.78, 5) is 0. The number of hydrogen-bond acceptors (Lipinski definition) is 1. The van der Waals surface area contributed by atoms with Gasteiger partial charge >= 0.3 is 0 Å². The van der Waals surface area contributed by atoms with Gasteiger partial charge in [-0.15, -0.1) is 0 Å². The van der Waals surface area contributed by atoms with Crippen LogP contribution in [0.3, 0.4) is 0 Å². The lowest BCUT2D eigenvalue weighted by molar-refractivity contribution is 0.417. The number of hydrogen-bond donors (Lipinski definition) is 1. The molecule has 1 heteroatoms. The molecule has 1 saturated carbocycles. The maximum absolute atomic E-state index is 3.74. The van der Waals surface area contributed by atoms with Crippen LogP contribution in [0.25, 0.3) is 0 Å². The molecule has 0 aromatic heterocycles. The normalized spacial score (nSPS) is 21.2. The largest absolute Gasteiger partial charge is 0.313 e. The molecule has 0 saturated heterocycles. The molecule has 2 aliphatic rings. The predicted octanol–water partition coefficient (Wildman–Crippen LogP) is 4.15. The summed E-state index contributed by atoms with van der Waals surface area (Å²) >= 11 is 0. The zero-order valence-corrected chi connectivity index (χ0v) is 12.2. The summed E-state index contributed by atoms with van der Waals surface area (Å²) in [6.07, 6.45) is 9.82. The first-order valence-electron chi connectivity index (χ1n) is 7.68. The first-order valence-corrected chi connectivity index (χ1v) is 7.68. The number of rotatable bonds is 5. The van der Waals surface area contributed by atoms with Crippen LogP contribution in [0.5, 0.6) is 0 Å². The van der Waals surface area contributed by atoms with Crippen molar-refractivity contribution in [2.24, 2.45) is 0 Å². The number of allylic oxidation sites excluding steroid dienone is 2. The molecule has 19 heavy (non-hydrogen) atoms. The van der Waals surface area contributed by atoms with Gasteiger partial charge < -0.3 is 5.32 Å². The molecular formula is C18H25N. The van der Waals surface area contributed by atoms with Crippen molar-refractivity contribution in [1.82, 2.24) is 5.32 Å². The monoisotopic (exact) mass is 255 g/mol. The van der Waals surface area contributed by atoms with E-state index in [1.54, 1.807) is 0 Å². The SMILES string of the molecule is CC(C)c1ccc(C2(CNC3CC3)CC=CC2)cc1. The molecule has 0 amide bonds. The van der Waals surface area contributed by atoms with Crippen LogP contribution in [0, 0.1) is 0 Å². The standard InChI is InChI=1S/C18H25N/c1-14(2)15-5-7-16(8-6-15)18(11-3-4-12-18)13-19-17-9-10-17/h3-8,14,17,19H,9-13H2,1-2H3. The molecule has 102 valence electrons. The molecule has 0 heterocycles. The zero-order valence-electron chi connectivity index (χ0n) is 12.2. The van der Waals surface area contributed by atoms with Crippen molar-refractivity contribution in [3.63, 3.8) is 0 Å². The van der Waals surface area contributed by atoms with Crippen molar-refractivity contribution in [2.75, 3.05) is 6.54 Å². The molecule has 1 fully saturated rings. The average Bonchev–Trinajstić information content (AvgIpc) is 3.14. The Balaban J connectivity index is 1.78. The van der Waals surface area contributed by atoms with E-state index in [2.05, 4.69) is 55.6 Å². The third-order valence-corrected chi connectivity index (χ3v) is 4.68. The molecule has 1 aromatic carbocycles. The summed E-state index contributed by atoms with van der Waals surface area (Å²) in [6, 6.07) is 10.1. The Morgan fingerprint density at radius 1 is 1.11 bits per heavy atom. The highest BCUT2D eigenvalue weighted by molar-refractivity contribution is 5.34. The molecule has 2 aliphatic carbocycles. The fourth-order valence-electron chi connectivity index (χ4n) is 3.03. The Morgan fingerprint density at radius 3 is 2.26 bits per heavy atom. The molecule has 3 rings (SSSR count). The summed E-state index contributed by atoms with van der Waals surface area (Å²) in [7, 11) is 0. The summed E-state index contributed by atoms with van der Waals surface area (Å²) < 4.78 is 0. The second-order valence-corrected chi connectivity index (χ2v) is 6.59. The van der Waals surface area contributed by atoms with Gasteiger partial charge in [0.1, 0.15) is 0 Å². The zero-order chi connectivity index (χ0) is 13.3. The van der Waals surface area contributed by atoms with E-state index in [1.165, 1.54) is 36.8 Å². The van der Waals surface area contributed by atoms with Crippen LogP contribution >= 0.6 is 0 Å². The minimum atomic E-state index is 0.318. The molecule has 0 bridgehead atoms. The molecule has 0 unspecified atom stereocenters. The molecule has 1 N–H and O–H groups in total. The summed E-state index contributed by atoms with van der Waals surface area (Å²) in [6.45, 7) is 5.65. The maximum atomic E-state index is 3.74. The van der Waals surface area contributed by atoms with E-state index >= 15 is 0 Å². The van der Waals surface area contributed by atoms with Gasteiger partial charge in [-0.1, -0.05) is 50.3 Å². The van der Waals surface area contributed by atoms with Gasteiger partial charge in [0, 0.05) is 18.0 Å². The lowest BCUT2D eigenvalue weighted by Crippen LogP contribution is -2.37. The van der Waals surface area contributed by atoms with E-state index in [4.69, 9.17) is 0 Å². The quantitative estimate of drug-likeness (QED) is 0.779. The molecular weight excluding hydrogens is 230 g/mol. The summed E-state index contributed by atoms with van der Waals surface area (Å²) in [5, 5.41) is 3.74. The van der Waals surface area contributed by atoms with Crippen molar-refractivity contribution in [3.05, 3.63) is 47.5 Å². The molecule has 0 spiro atoms. The highest BCUT2D eigenvalue weighted by atomic mass is 15.0. The van der Waals surface area contributed by atoms with Gasteiger partial charge in [0.25, 0.3) is 0 Å². The molecule has 0 atom stereocenters. The van der Waals surface area contributed by atoms with E-state index in [9.17, 15) is 0 Å². The van der Waals surface area contributed by atoms with Crippen LogP contribution in [0.2, 0.25) is 0 Å². The van der Waals surface area contributed by atoms with E-state index in [-0.39, 0.29) is 0 Å². The molecule has 0 radical (unpaired) electrons. The van der Waals surface area contributed by atoms with E-state index in [1.807, 2.05) is 0 Å². The fraction of sp³-hybridized carbons (Fsp3) is 0.556. The van der Waals surface area contributed by atoms with E-state index in [0.29, 0.717) is 11.3 Å². The highest BCUT2D eigenvalue weighted by Crippen LogP contribution is 2.38. The van der Waals surface area contributed by atoms with Gasteiger partial charge in [0.2, 0.25) is 0 Å². The molecule has 1 nitrogen and oxygen atoms in total. The average molecular weight is 255 g/mol. The van der Waals surface area contributed by atoms with Gasteiger partial charge in [-0.05, 0) is 42.7 Å². The Labute approximate surface area is 117 Å². The Kier molecular flexibility index (Phi) is 3.49. The number of benzene rings is 1. The molecule has 0 aliphatic heterocycles. The van der Waals surface area contributed by atoms with Crippen LogP contribution in [0.1, 0.15) is 56.6 Å². The van der Waals surface area contributed by atoms with Crippen molar-refractivity contribution >= 4 is 0 Å². The lowest BCUT2D eigenvalue weighted by Gasteiger charge is -2.30. The maximum Gasteiger partial charge on any atom is 0.0147 e. The first kappa shape index (κ1) is 12.9. The number of nitrogens with one attached hydrogen (secondary N) is 1. The van der Waals surface area contributed by atoms with Crippen molar-refractivity contribution < 1.29 is 0 Å². The lowest BCUT2D eigenvalue weighted by atomic mass is 9.77. The van der Waals surface area contributed by atoms with Crippen LogP contribution in [0.15, 0.2) is 36.4 Å². The highest BCUT2D eigenvalue weighted by Gasteiger charge is 2.34. The van der Waals surface area contributed by atoms with Gasteiger partial charge in [-0.2, -0.15) is 0 Å². The third kappa shape index (κ3) is 2.76. The summed E-state index contributed by atoms with van der Waals surface area (Å²) in [5.74, 6) is 0.622. The third-order valence-electron chi connectivity index (χ3n) is 4.68. The molecule has 1 aromatic rings. The minimum absolute atomic E-state index is 0.318. The smallest absolute Gasteiger partial charge is 0.0147 e. The Hall–Kier alpha value is -1.08. The first-order chi connectivity index (χ1) is 9.20. The van der Waals surface area contributed by atoms with Crippen molar-refractivity contribution in [2.45, 2.75) is 56.9 Å². The second-order valence-electron chi connectivity index (χ2n) is 6.59. The van der Waals surface area contributed by atoms with Crippen LogP contribution < -0.4 is 5.32 Å². The Bertz CT molecular complexity index is 443. The van der Waals surface area contributed by atoms with Gasteiger partial charge in [0.15, 0.2) is 0 Å². The van der Waals surface area contributed by atoms with Crippen LogP contribution in [0.4, 0.5) is 0 Å².